The number of piperazine rings is 1. The zero-order valence-corrected chi connectivity index (χ0v) is 38.4. The van der Waals surface area contributed by atoms with E-state index in [2.05, 4.69) is 45.7 Å². The number of phenolic OH excluding ortho intramolecular Hbond substituents is 1. The van der Waals surface area contributed by atoms with Gasteiger partial charge in [-0.1, -0.05) is 50.2 Å². The molecule has 0 unspecified atom stereocenters. The molecule has 4 N–H and O–H groups in total. The van der Waals surface area contributed by atoms with Gasteiger partial charge in [0, 0.05) is 70.4 Å². The summed E-state index contributed by atoms with van der Waals surface area (Å²) in [6, 6.07) is 18.2. The van der Waals surface area contributed by atoms with Gasteiger partial charge in [-0.3, -0.25) is 19.4 Å². The third-order valence-electron chi connectivity index (χ3n) is 13.5. The minimum atomic E-state index is -0.820. The lowest BCUT2D eigenvalue weighted by atomic mass is 9.91. The van der Waals surface area contributed by atoms with Crippen LogP contribution >= 0.6 is 11.3 Å². The van der Waals surface area contributed by atoms with E-state index in [-0.39, 0.29) is 42.5 Å². The Morgan fingerprint density at radius 3 is 2.63 bits per heavy atom. The van der Waals surface area contributed by atoms with Crippen LogP contribution < -0.4 is 20.3 Å². The molecule has 9 rings (SSSR count). The molecule has 3 aromatic heterocycles. The van der Waals surface area contributed by atoms with Gasteiger partial charge in [0.25, 0.3) is 5.88 Å². The molecule has 4 aliphatic rings. The average molecular weight is 905 g/mol. The average Bonchev–Trinajstić information content (AvgIpc) is 4.06. The number of aromatic hydroxyl groups is 1. The van der Waals surface area contributed by atoms with Crippen LogP contribution in [0.15, 0.2) is 70.7 Å². The summed E-state index contributed by atoms with van der Waals surface area (Å²) in [6.45, 7) is 15.7. The van der Waals surface area contributed by atoms with Gasteiger partial charge in [-0.05, 0) is 79.6 Å². The van der Waals surface area contributed by atoms with Crippen molar-refractivity contribution < 1.29 is 29.1 Å². The number of para-hydroxylation sites is 1. The molecule has 344 valence electrons. The predicted molar refractivity (Wildman–Crippen MR) is 249 cm³/mol. The predicted octanol–water partition coefficient (Wildman–Crippen LogP) is 5.56. The highest BCUT2D eigenvalue weighted by Crippen LogP contribution is 2.37. The molecule has 2 aromatic carbocycles. The topological polar surface area (TPSA) is 186 Å². The van der Waals surface area contributed by atoms with Crippen LogP contribution in [0.25, 0.3) is 21.7 Å². The highest BCUT2D eigenvalue weighted by molar-refractivity contribution is 7.13. The van der Waals surface area contributed by atoms with Crippen LogP contribution in [-0.4, -0.2) is 141 Å². The molecule has 0 bridgehead atoms. The molecule has 16 nitrogen and oxygen atoms in total. The number of piperidine rings is 1. The standard InChI is InChI=1S/C48H60N10O6S/c1-29(2)44(48(62)58-27-36(59)20-40(58)47(61)51-30(3)33-11-13-34(14-12-33)45-31(4)50-28-65-45)42-22-43(54-64-42)63-19-18-55-15-7-8-32(24-55)25-56-16-17-57-35(26-56)23-49-46-39(57)21-38(52-53-46)37-9-5-6-10-41(37)60/h5-6,9-14,21-22,28-30,32,35-36,40,44,59-60H,7-8,15-20,23-27H2,1-4H3,(H,49,53)(H,51,61)/t30-,32-,35-,36+,40-,44+/m0/s1. The summed E-state index contributed by atoms with van der Waals surface area (Å²) < 4.78 is 11.9. The Morgan fingerprint density at radius 2 is 1.85 bits per heavy atom. The van der Waals surface area contributed by atoms with Crippen molar-refractivity contribution in [3.63, 3.8) is 0 Å². The van der Waals surface area contributed by atoms with Gasteiger partial charge in [-0.15, -0.1) is 21.5 Å². The molecule has 3 fully saturated rings. The number of carbonyl (C=O) groups excluding carboxylic acids is 2. The second-order valence-electron chi connectivity index (χ2n) is 18.4. The Bertz CT molecular complexity index is 2440. The smallest absolute Gasteiger partial charge is 0.254 e. The molecule has 0 saturated carbocycles. The van der Waals surface area contributed by atoms with E-state index in [0.717, 1.165) is 92.0 Å². The highest BCUT2D eigenvalue weighted by atomic mass is 32.1. The van der Waals surface area contributed by atoms with Crippen LogP contribution in [0.5, 0.6) is 11.6 Å². The first-order valence-electron chi connectivity index (χ1n) is 23.0. The van der Waals surface area contributed by atoms with Crippen molar-refractivity contribution in [2.45, 2.75) is 77.1 Å². The van der Waals surface area contributed by atoms with Gasteiger partial charge in [0.2, 0.25) is 11.8 Å². The maximum atomic E-state index is 14.2. The number of aliphatic hydroxyl groups excluding tert-OH is 1. The maximum Gasteiger partial charge on any atom is 0.254 e. The number of aromatic nitrogens is 4. The minimum absolute atomic E-state index is 0.0621. The van der Waals surface area contributed by atoms with E-state index in [4.69, 9.17) is 9.26 Å². The molecule has 4 aliphatic heterocycles. The minimum Gasteiger partial charge on any atom is -0.507 e. The first kappa shape index (κ1) is 44.6. The van der Waals surface area contributed by atoms with Gasteiger partial charge < -0.3 is 39.9 Å². The number of β-amino-alcohol motifs (C(OH)–C–C–N with tert-alkyl or cyclic N) is 1. The number of benzene rings is 2. The van der Waals surface area contributed by atoms with Gasteiger partial charge in [-0.25, -0.2) is 4.98 Å². The molecule has 2 amide bonds. The number of hydrogen-bond acceptors (Lipinski definition) is 15. The number of nitrogens with one attached hydrogen (secondary N) is 2. The normalized spacial score (nSPS) is 22.2. The van der Waals surface area contributed by atoms with Crippen LogP contribution in [0, 0.1) is 18.8 Å². The van der Waals surface area contributed by atoms with Crippen LogP contribution in [0.2, 0.25) is 0 Å². The molecule has 0 radical (unpaired) electrons. The Hall–Kier alpha value is -5.62. The van der Waals surface area contributed by atoms with Gasteiger partial charge in [0.1, 0.15) is 24.3 Å². The molecule has 0 spiro atoms. The summed E-state index contributed by atoms with van der Waals surface area (Å²) in [5.74, 6) is 0.781. The highest BCUT2D eigenvalue weighted by Gasteiger charge is 2.44. The van der Waals surface area contributed by atoms with Crippen molar-refractivity contribution in [1.29, 1.82) is 0 Å². The van der Waals surface area contributed by atoms with Gasteiger partial charge >= 0.3 is 0 Å². The lowest BCUT2D eigenvalue weighted by Crippen LogP contribution is -2.59. The number of carbonyl (C=O) groups is 2. The number of fused-ring (bicyclic) bond motifs is 3. The van der Waals surface area contributed by atoms with Crippen LogP contribution in [-0.2, 0) is 9.59 Å². The number of anilines is 2. The number of phenols is 1. The monoisotopic (exact) mass is 904 g/mol. The molecule has 65 heavy (non-hydrogen) atoms. The second kappa shape index (κ2) is 19.5. The van der Waals surface area contributed by atoms with E-state index < -0.39 is 18.1 Å². The fraction of sp³-hybridized carbons (Fsp3) is 0.500. The number of aliphatic hydroxyl groups is 1. The summed E-state index contributed by atoms with van der Waals surface area (Å²) in [5.41, 5.74) is 7.21. The summed E-state index contributed by atoms with van der Waals surface area (Å²) >= 11 is 1.59. The number of likely N-dealkylation sites (tertiary alicyclic amines) is 2. The number of amides is 2. The number of rotatable bonds is 14. The lowest BCUT2D eigenvalue weighted by molar-refractivity contribution is -0.141. The summed E-state index contributed by atoms with van der Waals surface area (Å²) in [6.07, 6.45) is 1.66. The number of aryl methyl sites for hydroxylation is 1. The largest absolute Gasteiger partial charge is 0.507 e. The van der Waals surface area contributed by atoms with Crippen molar-refractivity contribution in [1.82, 2.24) is 40.4 Å². The van der Waals surface area contributed by atoms with Crippen LogP contribution in [0.3, 0.4) is 0 Å². The number of thiazole rings is 1. The molecule has 6 atom stereocenters. The zero-order chi connectivity index (χ0) is 45.2. The number of ether oxygens (including phenoxy) is 1. The molecule has 7 heterocycles. The van der Waals surface area contributed by atoms with Crippen molar-refractivity contribution in [3.8, 4) is 33.3 Å². The Kier molecular flexibility index (Phi) is 13.3. The second-order valence-corrected chi connectivity index (χ2v) is 19.3. The first-order chi connectivity index (χ1) is 31.5. The lowest BCUT2D eigenvalue weighted by Gasteiger charge is -2.47. The molecule has 17 heteroatoms. The van der Waals surface area contributed by atoms with Crippen molar-refractivity contribution in [2.75, 3.05) is 75.7 Å². The van der Waals surface area contributed by atoms with Crippen molar-refractivity contribution in [2.24, 2.45) is 11.8 Å². The fourth-order valence-corrected chi connectivity index (χ4v) is 10.9. The Balaban J connectivity index is 0.750. The van der Waals surface area contributed by atoms with E-state index in [1.807, 2.05) is 75.7 Å². The maximum absolute atomic E-state index is 14.2. The van der Waals surface area contributed by atoms with E-state index >= 15 is 0 Å². The quantitative estimate of drug-likeness (QED) is 0.109. The van der Waals surface area contributed by atoms with E-state index in [1.165, 1.54) is 11.3 Å². The first-order valence-corrected chi connectivity index (χ1v) is 23.9. The van der Waals surface area contributed by atoms with Crippen LogP contribution in [0.4, 0.5) is 11.5 Å². The fourth-order valence-electron chi connectivity index (χ4n) is 10.1. The summed E-state index contributed by atoms with van der Waals surface area (Å²) in [4.78, 5) is 42.5. The van der Waals surface area contributed by atoms with Gasteiger partial charge in [0.15, 0.2) is 11.6 Å². The SMILES string of the molecule is Cc1ncsc1-c1ccc([C@H](C)NC(=O)[C@@H]2C[C@@H](O)CN2C(=O)[C@@H](c2cc(OCCN3CCC[C@H](CN4CCN5c6cc(-c7ccccc7O)nnc6NC[C@H]5C4)C3)no2)C(C)C)cc1. The van der Waals surface area contributed by atoms with Gasteiger partial charge in [0.05, 0.1) is 45.7 Å². The summed E-state index contributed by atoms with van der Waals surface area (Å²) in [7, 11) is 0. The van der Waals surface area contributed by atoms with Crippen molar-refractivity contribution >= 4 is 34.7 Å². The van der Waals surface area contributed by atoms with Gasteiger partial charge in [-0.2, -0.15) is 0 Å². The molecular weight excluding hydrogens is 845 g/mol. The zero-order valence-electron chi connectivity index (χ0n) is 37.6. The van der Waals surface area contributed by atoms with Crippen molar-refractivity contribution in [3.05, 3.63) is 83.2 Å². The Labute approximate surface area is 384 Å². The summed E-state index contributed by atoms with van der Waals surface area (Å²) in [5, 5.41) is 40.8. The molecule has 5 aromatic rings. The number of nitrogens with zero attached hydrogens (tertiary/aromatic N) is 8. The van der Waals surface area contributed by atoms with Crippen LogP contribution in [0.1, 0.15) is 69.0 Å². The van der Waals surface area contributed by atoms with E-state index in [1.54, 1.807) is 29.5 Å². The molecule has 0 aliphatic carbocycles. The number of hydrogen-bond donors (Lipinski definition) is 4. The third kappa shape index (κ3) is 9.83. The molecular formula is C48H60N10O6S. The Morgan fingerprint density at radius 1 is 1.02 bits per heavy atom. The third-order valence-corrected chi connectivity index (χ3v) is 14.5. The van der Waals surface area contributed by atoms with E-state index in [9.17, 15) is 19.8 Å². The van der Waals surface area contributed by atoms with E-state index in [0.29, 0.717) is 41.5 Å². The molecule has 3 saturated heterocycles.